The molecule has 1 aromatic carbocycles. The number of hydrogen-bond donors (Lipinski definition) is 0. The molecule has 0 N–H and O–H groups in total. The first-order chi connectivity index (χ1) is 10.5. The van der Waals surface area contributed by atoms with Gasteiger partial charge >= 0.3 is 0 Å². The molecule has 0 atom stereocenters. The van der Waals surface area contributed by atoms with Gasteiger partial charge in [0, 0.05) is 18.5 Å². The first-order valence-corrected chi connectivity index (χ1v) is 8.23. The van der Waals surface area contributed by atoms with Crippen LogP contribution in [0.4, 0.5) is 8.78 Å². The van der Waals surface area contributed by atoms with E-state index in [4.69, 9.17) is 9.47 Å². The van der Waals surface area contributed by atoms with Gasteiger partial charge in [0.25, 0.3) is 0 Å². The van der Waals surface area contributed by atoms with Crippen molar-refractivity contribution in [2.75, 3.05) is 13.2 Å². The molecule has 1 aromatic rings. The highest BCUT2D eigenvalue weighted by Gasteiger charge is 2.32. The predicted octanol–water partition coefficient (Wildman–Crippen LogP) is 5.01. The summed E-state index contributed by atoms with van der Waals surface area (Å²) < 4.78 is 38.8. The van der Waals surface area contributed by atoms with Crippen molar-refractivity contribution in [3.8, 4) is 0 Å². The van der Waals surface area contributed by atoms with Gasteiger partial charge in [0.2, 0.25) is 0 Å². The Morgan fingerprint density at radius 3 is 2.05 bits per heavy atom. The average Bonchev–Trinajstić information content (AvgIpc) is 2.53. The van der Waals surface area contributed by atoms with E-state index in [9.17, 15) is 8.78 Å². The molecule has 2 fully saturated rings. The van der Waals surface area contributed by atoms with Crippen LogP contribution in [0.15, 0.2) is 12.1 Å². The molecule has 1 heterocycles. The Kier molecular flexibility index (Phi) is 4.79. The van der Waals surface area contributed by atoms with Gasteiger partial charge in [-0.05, 0) is 43.7 Å². The zero-order valence-electron chi connectivity index (χ0n) is 13.3. The summed E-state index contributed by atoms with van der Waals surface area (Å²) in [6.07, 6.45) is 4.37. The fraction of sp³-hybridized carbons (Fsp3) is 0.667. The van der Waals surface area contributed by atoms with Gasteiger partial charge in [-0.25, -0.2) is 8.78 Å². The summed E-state index contributed by atoms with van der Waals surface area (Å²) in [5, 5.41) is 0. The summed E-state index contributed by atoms with van der Waals surface area (Å²) in [4.78, 5) is 0. The van der Waals surface area contributed by atoms with Crippen molar-refractivity contribution in [3.63, 3.8) is 0 Å². The molecule has 2 aliphatic rings. The Morgan fingerprint density at radius 1 is 0.955 bits per heavy atom. The number of hydrogen-bond acceptors (Lipinski definition) is 2. The predicted molar refractivity (Wildman–Crippen MR) is 82.5 cm³/mol. The van der Waals surface area contributed by atoms with Crippen LogP contribution in [-0.4, -0.2) is 13.2 Å². The third-order valence-corrected chi connectivity index (χ3v) is 5.23. The molecule has 3 rings (SSSR count). The minimum Gasteiger partial charge on any atom is -0.348 e. The van der Waals surface area contributed by atoms with E-state index in [1.54, 1.807) is 0 Å². The molecule has 1 saturated carbocycles. The molecule has 0 amide bonds. The van der Waals surface area contributed by atoms with E-state index in [1.807, 2.05) is 0 Å². The Hall–Kier alpha value is -1.00. The van der Waals surface area contributed by atoms with E-state index >= 15 is 0 Å². The minimum atomic E-state index is -0.650. The van der Waals surface area contributed by atoms with Crippen LogP contribution in [0.25, 0.3) is 0 Å². The summed E-state index contributed by atoms with van der Waals surface area (Å²) in [6.45, 7) is 4.96. The second-order valence-corrected chi connectivity index (χ2v) is 6.89. The van der Waals surface area contributed by atoms with Gasteiger partial charge in [-0.3, -0.25) is 0 Å². The van der Waals surface area contributed by atoms with Gasteiger partial charge in [-0.2, -0.15) is 0 Å². The van der Waals surface area contributed by atoms with Crippen LogP contribution in [0.2, 0.25) is 0 Å². The van der Waals surface area contributed by atoms with Gasteiger partial charge in [-0.1, -0.05) is 19.8 Å². The van der Waals surface area contributed by atoms with E-state index in [2.05, 4.69) is 6.92 Å². The smallest absolute Gasteiger partial charge is 0.184 e. The fourth-order valence-electron chi connectivity index (χ4n) is 3.54. The Morgan fingerprint density at radius 2 is 1.50 bits per heavy atom. The highest BCUT2D eigenvalue weighted by atomic mass is 19.1. The summed E-state index contributed by atoms with van der Waals surface area (Å²) in [6, 6.07) is 2.62. The van der Waals surface area contributed by atoms with Crippen molar-refractivity contribution in [2.24, 2.45) is 17.8 Å². The van der Waals surface area contributed by atoms with E-state index in [0.29, 0.717) is 30.6 Å². The van der Waals surface area contributed by atoms with Crippen molar-refractivity contribution < 1.29 is 19.7 Å². The van der Waals surface area contributed by atoms with Gasteiger partial charge in [-0.15, -0.1) is 0 Å². The molecule has 4 heteroatoms. The third-order valence-electron chi connectivity index (χ3n) is 5.23. The average molecular weight is 312 g/mol. The Bertz CT molecular complexity index is 499. The van der Waals surface area contributed by atoms with Gasteiger partial charge in [0.1, 0.15) is 11.6 Å². The maximum atomic E-state index is 13.6. The highest BCUT2D eigenvalue weighted by Crippen LogP contribution is 2.37. The van der Waals surface area contributed by atoms with E-state index in [1.165, 1.54) is 44.7 Å². The molecular weight excluding hydrogens is 286 g/mol. The largest absolute Gasteiger partial charge is 0.348 e. The van der Waals surface area contributed by atoms with Crippen LogP contribution in [0, 0.1) is 36.3 Å². The normalized spacial score (nSPS) is 32.9. The molecule has 0 bridgehead atoms. The molecular formula is C18H26F2O2. The van der Waals surface area contributed by atoms with Crippen molar-refractivity contribution >= 4 is 0 Å². The van der Waals surface area contributed by atoms with Crippen molar-refractivity contribution in [2.45, 2.75) is 45.8 Å². The lowest BCUT2D eigenvalue weighted by molar-refractivity contribution is -0.214. The second-order valence-electron chi connectivity index (χ2n) is 6.89. The van der Waals surface area contributed by atoms with Crippen LogP contribution < -0.4 is 0 Å². The molecule has 22 heavy (non-hydrogen) atoms. The van der Waals surface area contributed by atoms with Gasteiger partial charge < -0.3 is 9.47 Å². The van der Waals surface area contributed by atoms with E-state index < -0.39 is 17.9 Å². The summed E-state index contributed by atoms with van der Waals surface area (Å²) in [5.41, 5.74) is 0.463. The van der Waals surface area contributed by atoms with Crippen LogP contribution in [-0.2, 0) is 9.47 Å². The number of halogens is 2. The molecule has 1 saturated heterocycles. The summed E-state index contributed by atoms with van der Waals surface area (Å²) in [7, 11) is 0. The van der Waals surface area contributed by atoms with Crippen LogP contribution in [0.5, 0.6) is 0 Å². The molecule has 0 unspecified atom stereocenters. The molecule has 0 radical (unpaired) electrons. The zero-order chi connectivity index (χ0) is 15.7. The molecule has 124 valence electrons. The van der Waals surface area contributed by atoms with Gasteiger partial charge in [0.15, 0.2) is 6.29 Å². The van der Waals surface area contributed by atoms with Crippen LogP contribution >= 0.6 is 0 Å². The lowest BCUT2D eigenvalue weighted by atomic mass is 9.76. The highest BCUT2D eigenvalue weighted by molar-refractivity contribution is 5.26. The molecule has 0 aromatic heterocycles. The Labute approximate surface area is 132 Å². The second kappa shape index (κ2) is 6.63. The SMILES string of the molecule is Cc1c(F)cc(C2OCC(C3CCC(C)CC3)CO2)cc1F.[HH]. The molecule has 1 aliphatic heterocycles. The first kappa shape index (κ1) is 15.9. The van der Waals surface area contributed by atoms with Gasteiger partial charge in [0.05, 0.1) is 13.2 Å². The number of ether oxygens (including phenoxy) is 2. The Balaban J connectivity index is 0.00000192. The number of rotatable bonds is 2. The van der Waals surface area contributed by atoms with E-state index in [-0.39, 0.29) is 6.99 Å². The number of benzene rings is 1. The quantitative estimate of drug-likeness (QED) is 0.764. The fourth-order valence-corrected chi connectivity index (χ4v) is 3.54. The molecule has 0 spiro atoms. The van der Waals surface area contributed by atoms with Crippen LogP contribution in [0.3, 0.4) is 0 Å². The molecule has 2 nitrogen and oxygen atoms in total. The van der Waals surface area contributed by atoms with Crippen molar-refractivity contribution in [1.29, 1.82) is 0 Å². The summed E-state index contributed by atoms with van der Waals surface area (Å²) in [5.74, 6) is 0.789. The first-order valence-electron chi connectivity index (χ1n) is 8.23. The molecule has 1 aliphatic carbocycles. The third kappa shape index (κ3) is 3.33. The maximum Gasteiger partial charge on any atom is 0.184 e. The maximum absolute atomic E-state index is 13.6. The van der Waals surface area contributed by atoms with Crippen molar-refractivity contribution in [3.05, 3.63) is 34.9 Å². The van der Waals surface area contributed by atoms with E-state index in [0.717, 1.165) is 5.92 Å². The van der Waals surface area contributed by atoms with Crippen LogP contribution in [0.1, 0.15) is 51.5 Å². The lowest BCUT2D eigenvalue weighted by Gasteiger charge is -2.37. The lowest BCUT2D eigenvalue weighted by Crippen LogP contribution is -2.34. The zero-order valence-corrected chi connectivity index (χ0v) is 13.3. The standard InChI is InChI=1S/C18H24F2O2.H2/c1-11-3-5-13(6-4-11)15-9-21-18(22-10-15)14-7-16(19)12(2)17(20)8-14;/h7-8,11,13,15,18H,3-6,9-10H2,1-2H3;1H. The van der Waals surface area contributed by atoms with Crippen molar-refractivity contribution in [1.82, 2.24) is 0 Å². The summed E-state index contributed by atoms with van der Waals surface area (Å²) >= 11 is 0. The monoisotopic (exact) mass is 312 g/mol. The minimum absolute atomic E-state index is 0. The topological polar surface area (TPSA) is 18.5 Å².